The van der Waals surface area contributed by atoms with Crippen molar-refractivity contribution in [1.29, 1.82) is 0 Å². The van der Waals surface area contributed by atoms with E-state index in [9.17, 15) is 5.11 Å². The summed E-state index contributed by atoms with van der Waals surface area (Å²) < 4.78 is 2.29. The zero-order valence-electron chi connectivity index (χ0n) is 12.9. The van der Waals surface area contributed by atoms with E-state index < -0.39 is 0 Å². The molecule has 5 rings (SSSR count). The molecule has 112 valence electrons. The average molecular weight is 284 g/mol. The second-order valence-corrected chi connectivity index (χ2v) is 6.78. The zero-order chi connectivity index (χ0) is 14.6. The zero-order valence-corrected chi connectivity index (χ0v) is 12.9. The van der Waals surface area contributed by atoms with Crippen LogP contribution >= 0.6 is 0 Å². The van der Waals surface area contributed by atoms with Crippen molar-refractivity contribution in [2.24, 2.45) is 13.0 Å². The highest BCUT2D eigenvalue weighted by Crippen LogP contribution is 2.36. The Labute approximate surface area is 126 Å². The fourth-order valence-electron chi connectivity index (χ4n) is 4.44. The van der Waals surface area contributed by atoms with E-state index in [0.717, 1.165) is 19.5 Å². The highest BCUT2D eigenvalue weighted by molar-refractivity contribution is 5.85. The van der Waals surface area contributed by atoms with Gasteiger partial charge in [-0.3, -0.25) is 4.90 Å². The van der Waals surface area contributed by atoms with Gasteiger partial charge < -0.3 is 9.67 Å². The second-order valence-electron chi connectivity index (χ2n) is 6.78. The summed E-state index contributed by atoms with van der Waals surface area (Å²) in [5.74, 6) is 0.523. The number of aliphatic hydroxyl groups excluding tert-OH is 1. The first kappa shape index (κ1) is 13.4. The summed E-state index contributed by atoms with van der Waals surface area (Å²) in [5, 5.41) is 12.0. The molecule has 2 atom stereocenters. The molecular weight excluding hydrogens is 260 g/mol. The number of para-hydroxylation sites is 1. The van der Waals surface area contributed by atoms with Gasteiger partial charge in [0.15, 0.2) is 0 Å². The Morgan fingerprint density at radius 3 is 2.62 bits per heavy atom. The summed E-state index contributed by atoms with van der Waals surface area (Å²) in [6, 6.07) is 8.94. The van der Waals surface area contributed by atoms with Crippen molar-refractivity contribution in [2.45, 2.75) is 38.3 Å². The first-order valence-corrected chi connectivity index (χ1v) is 8.12. The van der Waals surface area contributed by atoms with Crippen LogP contribution in [0.5, 0.6) is 0 Å². The van der Waals surface area contributed by atoms with E-state index in [2.05, 4.69) is 47.7 Å². The van der Waals surface area contributed by atoms with Crippen LogP contribution in [0.15, 0.2) is 24.3 Å². The Bertz CT molecular complexity index is 665. The molecule has 21 heavy (non-hydrogen) atoms. The largest absolute Gasteiger partial charge is 0.391 e. The van der Waals surface area contributed by atoms with Gasteiger partial charge in [0.05, 0.1) is 6.10 Å². The van der Waals surface area contributed by atoms with Crippen molar-refractivity contribution in [3.8, 4) is 0 Å². The molecule has 3 nitrogen and oxygen atoms in total. The first-order chi connectivity index (χ1) is 10.2. The van der Waals surface area contributed by atoms with Crippen molar-refractivity contribution in [2.75, 3.05) is 13.1 Å². The topological polar surface area (TPSA) is 28.4 Å². The lowest BCUT2D eigenvalue weighted by Crippen LogP contribution is -2.58. The van der Waals surface area contributed by atoms with E-state index in [1.165, 1.54) is 35.0 Å². The van der Waals surface area contributed by atoms with E-state index >= 15 is 0 Å². The Morgan fingerprint density at radius 2 is 1.90 bits per heavy atom. The number of aromatic nitrogens is 1. The van der Waals surface area contributed by atoms with E-state index in [0.29, 0.717) is 12.0 Å². The Morgan fingerprint density at radius 1 is 1.19 bits per heavy atom. The van der Waals surface area contributed by atoms with Crippen molar-refractivity contribution in [3.05, 3.63) is 35.5 Å². The van der Waals surface area contributed by atoms with Crippen LogP contribution in [0.25, 0.3) is 10.9 Å². The van der Waals surface area contributed by atoms with Crippen LogP contribution in [0, 0.1) is 12.8 Å². The minimum atomic E-state index is -0.147. The molecule has 4 heterocycles. The number of rotatable bonds is 2. The Kier molecular flexibility index (Phi) is 3.09. The van der Waals surface area contributed by atoms with E-state index in [1.54, 1.807) is 0 Å². The molecule has 1 N–H and O–H groups in total. The van der Waals surface area contributed by atoms with Crippen LogP contribution in [0.2, 0.25) is 0 Å². The van der Waals surface area contributed by atoms with Crippen molar-refractivity contribution >= 4 is 10.9 Å². The van der Waals surface area contributed by atoms with Crippen LogP contribution in [0.3, 0.4) is 0 Å². The molecule has 2 unspecified atom stereocenters. The van der Waals surface area contributed by atoms with Crippen LogP contribution in [-0.4, -0.2) is 39.8 Å². The van der Waals surface area contributed by atoms with Gasteiger partial charge in [-0.2, -0.15) is 0 Å². The highest BCUT2D eigenvalue weighted by Gasteiger charge is 2.41. The third kappa shape index (κ3) is 1.95. The SMILES string of the molecule is Cc1c(CC2C(O)C3CCN2CC3)c2ccccc2n1C. The summed E-state index contributed by atoms with van der Waals surface area (Å²) in [6.07, 6.45) is 3.18. The van der Waals surface area contributed by atoms with E-state index in [4.69, 9.17) is 0 Å². The number of benzene rings is 1. The predicted octanol–water partition coefficient (Wildman–Crippen LogP) is 2.48. The molecule has 0 aliphatic carbocycles. The van der Waals surface area contributed by atoms with Crippen molar-refractivity contribution in [1.82, 2.24) is 9.47 Å². The molecule has 3 aliphatic heterocycles. The van der Waals surface area contributed by atoms with Gasteiger partial charge in [-0.15, -0.1) is 0 Å². The fourth-order valence-corrected chi connectivity index (χ4v) is 4.44. The maximum Gasteiger partial charge on any atom is 0.0727 e. The normalized spacial score (nSPS) is 32.0. The molecule has 1 aromatic heterocycles. The number of fused-ring (bicyclic) bond motifs is 4. The Hall–Kier alpha value is -1.32. The maximum absolute atomic E-state index is 10.6. The van der Waals surface area contributed by atoms with Gasteiger partial charge in [-0.1, -0.05) is 18.2 Å². The molecule has 3 aliphatic rings. The summed E-state index contributed by atoms with van der Waals surface area (Å²) in [5.41, 5.74) is 4.06. The fraction of sp³-hybridized carbons (Fsp3) is 0.556. The second kappa shape index (κ2) is 4.85. The van der Waals surface area contributed by atoms with Crippen molar-refractivity contribution in [3.63, 3.8) is 0 Å². The monoisotopic (exact) mass is 284 g/mol. The summed E-state index contributed by atoms with van der Waals surface area (Å²) in [4.78, 5) is 2.51. The highest BCUT2D eigenvalue weighted by atomic mass is 16.3. The summed E-state index contributed by atoms with van der Waals surface area (Å²) in [7, 11) is 2.14. The van der Waals surface area contributed by atoms with Crippen LogP contribution in [0.1, 0.15) is 24.1 Å². The third-order valence-electron chi connectivity index (χ3n) is 5.86. The van der Waals surface area contributed by atoms with Crippen LogP contribution in [-0.2, 0) is 13.5 Å². The number of nitrogens with zero attached hydrogens (tertiary/aromatic N) is 2. The van der Waals surface area contributed by atoms with E-state index in [1.807, 2.05) is 0 Å². The molecule has 0 spiro atoms. The molecule has 3 heteroatoms. The molecule has 0 radical (unpaired) electrons. The minimum Gasteiger partial charge on any atom is -0.391 e. The van der Waals surface area contributed by atoms with Gasteiger partial charge in [0, 0.05) is 29.7 Å². The summed E-state index contributed by atoms with van der Waals surface area (Å²) >= 11 is 0. The van der Waals surface area contributed by atoms with Gasteiger partial charge in [-0.05, 0) is 56.8 Å². The quantitative estimate of drug-likeness (QED) is 0.918. The Balaban J connectivity index is 1.73. The van der Waals surface area contributed by atoms with Crippen LogP contribution < -0.4 is 0 Å². The molecular formula is C18H24N2O. The molecule has 0 amide bonds. The van der Waals surface area contributed by atoms with Crippen LogP contribution in [0.4, 0.5) is 0 Å². The molecule has 3 fully saturated rings. The summed E-state index contributed by atoms with van der Waals surface area (Å²) in [6.45, 7) is 4.53. The minimum absolute atomic E-state index is 0.147. The number of hydrogen-bond acceptors (Lipinski definition) is 2. The molecule has 0 saturated carbocycles. The molecule has 2 aromatic rings. The maximum atomic E-state index is 10.6. The average Bonchev–Trinajstić information content (AvgIpc) is 2.76. The van der Waals surface area contributed by atoms with Gasteiger partial charge in [-0.25, -0.2) is 0 Å². The predicted molar refractivity (Wildman–Crippen MR) is 85.5 cm³/mol. The number of aryl methyl sites for hydroxylation is 1. The molecule has 1 aromatic carbocycles. The van der Waals surface area contributed by atoms with Gasteiger partial charge >= 0.3 is 0 Å². The number of aliphatic hydroxyl groups is 1. The van der Waals surface area contributed by atoms with Gasteiger partial charge in [0.2, 0.25) is 0 Å². The lowest BCUT2D eigenvalue weighted by molar-refractivity contribution is -0.0714. The molecule has 3 saturated heterocycles. The lowest BCUT2D eigenvalue weighted by atomic mass is 9.78. The smallest absolute Gasteiger partial charge is 0.0727 e. The standard InChI is InChI=1S/C18H24N2O/c1-12-15(14-5-3-4-6-16(14)19(12)2)11-17-18(21)13-7-9-20(17)10-8-13/h3-6,13,17-18,21H,7-11H2,1-2H3. The third-order valence-corrected chi connectivity index (χ3v) is 5.86. The lowest BCUT2D eigenvalue weighted by Gasteiger charge is -2.49. The van der Waals surface area contributed by atoms with Crippen molar-refractivity contribution < 1.29 is 5.11 Å². The van der Waals surface area contributed by atoms with Gasteiger partial charge in [0.1, 0.15) is 0 Å². The number of hydrogen-bond donors (Lipinski definition) is 1. The molecule has 2 bridgehead atoms. The first-order valence-electron chi connectivity index (χ1n) is 8.12. The number of piperidine rings is 3. The van der Waals surface area contributed by atoms with Gasteiger partial charge in [0.25, 0.3) is 0 Å². The van der Waals surface area contributed by atoms with E-state index in [-0.39, 0.29) is 6.10 Å².